The van der Waals surface area contributed by atoms with Gasteiger partial charge in [-0.3, -0.25) is 9.48 Å². The fraction of sp³-hybridized carbons (Fsp3) is 0.0909. The fourth-order valence-corrected chi connectivity index (χ4v) is 1.60. The Balaban J connectivity index is 2.18. The van der Waals surface area contributed by atoms with Gasteiger partial charge in [-0.05, 0) is 18.2 Å². The van der Waals surface area contributed by atoms with Crippen LogP contribution in [0.2, 0.25) is 5.02 Å². The quantitative estimate of drug-likeness (QED) is 0.800. The lowest BCUT2D eigenvalue weighted by Crippen LogP contribution is -2.11. The molecule has 1 amide bonds. The number of rotatable bonds is 2. The molecular weight excluding hydrogens is 240 g/mol. The van der Waals surface area contributed by atoms with Gasteiger partial charge >= 0.3 is 0 Å². The summed E-state index contributed by atoms with van der Waals surface area (Å²) < 4.78 is 1.56. The molecule has 2 rings (SSSR count). The van der Waals surface area contributed by atoms with E-state index in [9.17, 15) is 4.79 Å². The molecule has 0 aliphatic carbocycles. The topological polar surface area (TPSA) is 72.9 Å². The Bertz CT molecular complexity index is 564. The van der Waals surface area contributed by atoms with Gasteiger partial charge in [0.15, 0.2) is 0 Å². The molecule has 0 bridgehead atoms. The fourth-order valence-electron chi connectivity index (χ4n) is 1.37. The van der Waals surface area contributed by atoms with Gasteiger partial charge in [-0.1, -0.05) is 11.6 Å². The van der Waals surface area contributed by atoms with E-state index in [2.05, 4.69) is 10.4 Å². The van der Waals surface area contributed by atoms with Crippen molar-refractivity contribution in [3.05, 3.63) is 41.2 Å². The second kappa shape index (κ2) is 4.47. The smallest absolute Gasteiger partial charge is 0.258 e. The Morgan fingerprint density at radius 3 is 2.88 bits per heavy atom. The van der Waals surface area contributed by atoms with Gasteiger partial charge in [0.25, 0.3) is 5.91 Å². The molecule has 0 unspecified atom stereocenters. The third-order valence-corrected chi connectivity index (χ3v) is 2.52. The minimum Gasteiger partial charge on any atom is -0.399 e. The van der Waals surface area contributed by atoms with E-state index in [-0.39, 0.29) is 5.91 Å². The molecule has 0 spiro atoms. The van der Waals surface area contributed by atoms with E-state index in [0.29, 0.717) is 22.0 Å². The van der Waals surface area contributed by atoms with Gasteiger partial charge in [0.2, 0.25) is 0 Å². The normalized spacial score (nSPS) is 10.2. The highest BCUT2D eigenvalue weighted by Crippen LogP contribution is 2.24. The number of amides is 1. The summed E-state index contributed by atoms with van der Waals surface area (Å²) in [6.07, 6.45) is 3.11. The summed E-state index contributed by atoms with van der Waals surface area (Å²) in [5.74, 6) is -0.259. The van der Waals surface area contributed by atoms with E-state index in [1.165, 1.54) is 6.20 Å². The minimum absolute atomic E-state index is 0.259. The van der Waals surface area contributed by atoms with Gasteiger partial charge in [0, 0.05) is 18.9 Å². The van der Waals surface area contributed by atoms with E-state index < -0.39 is 0 Å². The first-order chi connectivity index (χ1) is 8.06. The second-order valence-electron chi connectivity index (χ2n) is 3.60. The Morgan fingerprint density at radius 1 is 1.53 bits per heavy atom. The van der Waals surface area contributed by atoms with Gasteiger partial charge in [0.05, 0.1) is 22.5 Å². The standard InChI is InChI=1S/C11H11ClN4O/c1-16-6-7(5-14-16)11(17)15-10-3-2-8(13)4-9(10)12/h2-6H,13H2,1H3,(H,15,17). The van der Waals surface area contributed by atoms with Crippen molar-refractivity contribution >= 4 is 28.9 Å². The Labute approximate surface area is 103 Å². The molecule has 1 aromatic heterocycles. The molecule has 0 saturated carbocycles. The Morgan fingerprint density at radius 2 is 2.29 bits per heavy atom. The van der Waals surface area contributed by atoms with Gasteiger partial charge in [-0.15, -0.1) is 0 Å². The monoisotopic (exact) mass is 250 g/mol. The van der Waals surface area contributed by atoms with Crippen LogP contribution in [-0.2, 0) is 7.05 Å². The van der Waals surface area contributed by atoms with Crippen LogP contribution in [0.3, 0.4) is 0 Å². The molecule has 88 valence electrons. The van der Waals surface area contributed by atoms with Crippen molar-refractivity contribution in [3.63, 3.8) is 0 Å². The van der Waals surface area contributed by atoms with Crippen LogP contribution < -0.4 is 11.1 Å². The van der Waals surface area contributed by atoms with Crippen molar-refractivity contribution in [1.29, 1.82) is 0 Å². The van der Waals surface area contributed by atoms with Gasteiger partial charge in [-0.2, -0.15) is 5.10 Å². The number of benzene rings is 1. The molecule has 0 radical (unpaired) electrons. The maximum Gasteiger partial charge on any atom is 0.258 e. The summed E-state index contributed by atoms with van der Waals surface area (Å²) >= 11 is 5.95. The number of hydrogen-bond acceptors (Lipinski definition) is 3. The number of anilines is 2. The average Bonchev–Trinajstić information content (AvgIpc) is 2.69. The van der Waals surface area contributed by atoms with Crippen LogP contribution in [0.1, 0.15) is 10.4 Å². The molecule has 0 aliphatic heterocycles. The van der Waals surface area contributed by atoms with Crippen LogP contribution in [0.4, 0.5) is 11.4 Å². The number of nitrogen functional groups attached to an aromatic ring is 1. The number of aryl methyl sites for hydroxylation is 1. The summed E-state index contributed by atoms with van der Waals surface area (Å²) in [5.41, 5.74) is 7.11. The predicted octanol–water partition coefficient (Wildman–Crippen LogP) is 1.91. The zero-order chi connectivity index (χ0) is 12.4. The molecule has 1 heterocycles. The molecule has 0 aliphatic rings. The number of halogens is 1. The zero-order valence-electron chi connectivity index (χ0n) is 9.14. The van der Waals surface area contributed by atoms with Gasteiger partial charge in [-0.25, -0.2) is 0 Å². The summed E-state index contributed by atoms with van der Waals surface area (Å²) in [7, 11) is 1.74. The number of aromatic nitrogens is 2. The lowest BCUT2D eigenvalue weighted by atomic mass is 10.2. The number of carbonyl (C=O) groups is 1. The third kappa shape index (κ3) is 2.57. The van der Waals surface area contributed by atoms with Crippen molar-refractivity contribution in [2.75, 3.05) is 11.1 Å². The number of hydrogen-bond donors (Lipinski definition) is 2. The molecule has 3 N–H and O–H groups in total. The van der Waals surface area contributed by atoms with E-state index in [0.717, 1.165) is 0 Å². The summed E-state index contributed by atoms with van der Waals surface area (Å²) in [5, 5.41) is 7.01. The van der Waals surface area contributed by atoms with Crippen molar-refractivity contribution in [2.24, 2.45) is 7.05 Å². The first-order valence-corrected chi connectivity index (χ1v) is 5.29. The molecular formula is C11H11ClN4O. The second-order valence-corrected chi connectivity index (χ2v) is 4.00. The molecule has 1 aromatic carbocycles. The predicted molar refractivity (Wildman–Crippen MR) is 67.0 cm³/mol. The molecule has 6 heteroatoms. The highest BCUT2D eigenvalue weighted by atomic mass is 35.5. The summed E-state index contributed by atoms with van der Waals surface area (Å²) in [6, 6.07) is 4.91. The lowest BCUT2D eigenvalue weighted by molar-refractivity contribution is 0.102. The van der Waals surface area contributed by atoms with Crippen LogP contribution in [0.5, 0.6) is 0 Å². The number of nitrogens with one attached hydrogen (secondary N) is 1. The molecule has 17 heavy (non-hydrogen) atoms. The van der Waals surface area contributed by atoms with Crippen molar-refractivity contribution < 1.29 is 4.79 Å². The van der Waals surface area contributed by atoms with Crippen molar-refractivity contribution in [1.82, 2.24) is 9.78 Å². The molecule has 0 fully saturated rings. The highest BCUT2D eigenvalue weighted by Gasteiger charge is 2.10. The average molecular weight is 251 g/mol. The van der Waals surface area contributed by atoms with E-state index in [1.807, 2.05) is 0 Å². The highest BCUT2D eigenvalue weighted by molar-refractivity contribution is 6.34. The lowest BCUT2D eigenvalue weighted by Gasteiger charge is -2.06. The van der Waals surface area contributed by atoms with Crippen molar-refractivity contribution in [2.45, 2.75) is 0 Å². The summed E-state index contributed by atoms with van der Waals surface area (Å²) in [4.78, 5) is 11.8. The molecule has 2 aromatic rings. The maximum atomic E-state index is 11.8. The Hall–Kier alpha value is -2.01. The number of nitrogens with two attached hydrogens (primary N) is 1. The minimum atomic E-state index is -0.259. The van der Waals surface area contributed by atoms with Gasteiger partial charge < -0.3 is 11.1 Å². The maximum absolute atomic E-state index is 11.8. The Kier molecular flexibility index (Phi) is 3.01. The third-order valence-electron chi connectivity index (χ3n) is 2.21. The van der Waals surface area contributed by atoms with Crippen LogP contribution in [0, 0.1) is 0 Å². The first-order valence-electron chi connectivity index (χ1n) is 4.91. The van der Waals surface area contributed by atoms with Crippen LogP contribution in [0.25, 0.3) is 0 Å². The van der Waals surface area contributed by atoms with E-state index in [4.69, 9.17) is 17.3 Å². The van der Waals surface area contributed by atoms with E-state index in [1.54, 1.807) is 36.1 Å². The molecule has 0 saturated heterocycles. The van der Waals surface area contributed by atoms with Gasteiger partial charge in [0.1, 0.15) is 0 Å². The molecule has 0 atom stereocenters. The number of carbonyl (C=O) groups excluding carboxylic acids is 1. The number of nitrogens with zero attached hydrogens (tertiary/aromatic N) is 2. The summed E-state index contributed by atoms with van der Waals surface area (Å²) in [6.45, 7) is 0. The molecule has 5 nitrogen and oxygen atoms in total. The largest absolute Gasteiger partial charge is 0.399 e. The van der Waals surface area contributed by atoms with Crippen LogP contribution in [0.15, 0.2) is 30.6 Å². The van der Waals surface area contributed by atoms with E-state index >= 15 is 0 Å². The zero-order valence-corrected chi connectivity index (χ0v) is 9.90. The van der Waals surface area contributed by atoms with Crippen LogP contribution >= 0.6 is 11.6 Å². The SMILES string of the molecule is Cn1cc(C(=O)Nc2ccc(N)cc2Cl)cn1. The van der Waals surface area contributed by atoms with Crippen molar-refractivity contribution in [3.8, 4) is 0 Å². The van der Waals surface area contributed by atoms with Crippen LogP contribution in [-0.4, -0.2) is 15.7 Å². The first kappa shape index (κ1) is 11.5.